The van der Waals surface area contributed by atoms with Crippen LogP contribution >= 0.6 is 11.6 Å². The molecule has 2 unspecified atom stereocenters. The standard InChI is InChI=1S/C16H19ClN2O2/c1-10(20)13-4-3-12(8-14(13)17)19-7-6-15-11(9-19)2-5-16(21)18-15/h3-4,8,11,15H,2,5-7,9H2,1H3,(H,18,21). The Bertz CT molecular complexity index is 588. The first-order chi connectivity index (χ1) is 10.0. The van der Waals surface area contributed by atoms with Crippen LogP contribution in [0.3, 0.4) is 0 Å². The van der Waals surface area contributed by atoms with Gasteiger partial charge in [0.2, 0.25) is 5.91 Å². The highest BCUT2D eigenvalue weighted by Gasteiger charge is 2.33. The zero-order valence-corrected chi connectivity index (χ0v) is 12.8. The Kier molecular flexibility index (Phi) is 3.89. The number of carbonyl (C=O) groups excluding carboxylic acids is 2. The average Bonchev–Trinajstić information content (AvgIpc) is 2.46. The fraction of sp³-hybridized carbons (Fsp3) is 0.500. The number of fused-ring (bicyclic) bond motifs is 1. The van der Waals surface area contributed by atoms with Gasteiger partial charge < -0.3 is 10.2 Å². The first-order valence-corrected chi connectivity index (χ1v) is 7.77. The van der Waals surface area contributed by atoms with Gasteiger partial charge in [-0.15, -0.1) is 0 Å². The summed E-state index contributed by atoms with van der Waals surface area (Å²) in [5.41, 5.74) is 1.63. The molecular formula is C16H19ClN2O2. The molecule has 2 saturated heterocycles. The Morgan fingerprint density at radius 3 is 2.90 bits per heavy atom. The Labute approximate surface area is 129 Å². The molecule has 0 aromatic heterocycles. The minimum atomic E-state index is -0.0137. The number of halogens is 1. The van der Waals surface area contributed by atoms with E-state index in [-0.39, 0.29) is 11.7 Å². The van der Waals surface area contributed by atoms with E-state index in [0.717, 1.165) is 31.6 Å². The predicted molar refractivity (Wildman–Crippen MR) is 82.9 cm³/mol. The molecule has 3 rings (SSSR count). The lowest BCUT2D eigenvalue weighted by Crippen LogP contribution is -2.54. The molecule has 5 heteroatoms. The minimum Gasteiger partial charge on any atom is -0.371 e. The maximum atomic E-state index is 11.4. The van der Waals surface area contributed by atoms with Crippen molar-refractivity contribution < 1.29 is 9.59 Å². The van der Waals surface area contributed by atoms with Crippen molar-refractivity contribution in [2.24, 2.45) is 5.92 Å². The topological polar surface area (TPSA) is 49.4 Å². The van der Waals surface area contributed by atoms with Gasteiger partial charge in [0.15, 0.2) is 5.78 Å². The highest BCUT2D eigenvalue weighted by molar-refractivity contribution is 6.34. The van der Waals surface area contributed by atoms with Gasteiger partial charge in [-0.2, -0.15) is 0 Å². The molecule has 0 radical (unpaired) electrons. The van der Waals surface area contributed by atoms with E-state index < -0.39 is 0 Å². The number of carbonyl (C=O) groups is 2. The second-order valence-corrected chi connectivity index (χ2v) is 6.33. The molecule has 0 saturated carbocycles. The molecule has 21 heavy (non-hydrogen) atoms. The Morgan fingerprint density at radius 1 is 1.38 bits per heavy atom. The molecule has 2 heterocycles. The number of hydrogen-bond acceptors (Lipinski definition) is 3. The normalized spacial score (nSPS) is 25.2. The van der Waals surface area contributed by atoms with Crippen molar-refractivity contribution >= 4 is 29.0 Å². The van der Waals surface area contributed by atoms with Crippen molar-refractivity contribution in [3.8, 4) is 0 Å². The van der Waals surface area contributed by atoms with Crippen LogP contribution in [-0.2, 0) is 4.79 Å². The maximum Gasteiger partial charge on any atom is 0.220 e. The van der Waals surface area contributed by atoms with E-state index in [2.05, 4.69) is 10.2 Å². The molecule has 1 amide bonds. The quantitative estimate of drug-likeness (QED) is 0.855. The highest BCUT2D eigenvalue weighted by Crippen LogP contribution is 2.31. The van der Waals surface area contributed by atoms with Crippen molar-refractivity contribution in [2.45, 2.75) is 32.2 Å². The van der Waals surface area contributed by atoms with Gasteiger partial charge in [-0.3, -0.25) is 9.59 Å². The van der Waals surface area contributed by atoms with Gasteiger partial charge in [-0.05, 0) is 43.9 Å². The summed E-state index contributed by atoms with van der Waals surface area (Å²) >= 11 is 6.20. The van der Waals surface area contributed by atoms with Crippen LogP contribution in [0.1, 0.15) is 36.5 Å². The Balaban J connectivity index is 1.75. The fourth-order valence-electron chi connectivity index (χ4n) is 3.33. The summed E-state index contributed by atoms with van der Waals surface area (Å²) in [6, 6.07) is 5.95. The van der Waals surface area contributed by atoms with Crippen LogP contribution in [0.4, 0.5) is 5.69 Å². The van der Waals surface area contributed by atoms with E-state index in [9.17, 15) is 9.59 Å². The van der Waals surface area contributed by atoms with E-state index in [0.29, 0.717) is 29.0 Å². The summed E-state index contributed by atoms with van der Waals surface area (Å²) in [6.45, 7) is 3.36. The van der Waals surface area contributed by atoms with Crippen LogP contribution in [0.5, 0.6) is 0 Å². The number of rotatable bonds is 2. The van der Waals surface area contributed by atoms with Gasteiger partial charge in [0, 0.05) is 36.8 Å². The molecule has 112 valence electrons. The molecule has 2 aliphatic heterocycles. The number of benzene rings is 1. The van der Waals surface area contributed by atoms with Crippen LogP contribution in [0.15, 0.2) is 18.2 Å². The first-order valence-electron chi connectivity index (χ1n) is 7.39. The zero-order chi connectivity index (χ0) is 15.0. The fourth-order valence-corrected chi connectivity index (χ4v) is 3.64. The molecule has 2 aliphatic rings. The van der Waals surface area contributed by atoms with Gasteiger partial charge in [0.1, 0.15) is 0 Å². The van der Waals surface area contributed by atoms with Crippen molar-refractivity contribution in [2.75, 3.05) is 18.0 Å². The van der Waals surface area contributed by atoms with Gasteiger partial charge in [0.25, 0.3) is 0 Å². The Morgan fingerprint density at radius 2 is 2.19 bits per heavy atom. The number of ketones is 1. The molecular weight excluding hydrogens is 288 g/mol. The predicted octanol–water partition coefficient (Wildman–Crippen LogP) is 2.65. The van der Waals surface area contributed by atoms with Crippen LogP contribution < -0.4 is 10.2 Å². The molecule has 1 N–H and O–H groups in total. The average molecular weight is 307 g/mol. The lowest BCUT2D eigenvalue weighted by molar-refractivity contribution is -0.124. The molecule has 0 spiro atoms. The molecule has 4 nitrogen and oxygen atoms in total. The summed E-state index contributed by atoms with van der Waals surface area (Å²) < 4.78 is 0. The van der Waals surface area contributed by atoms with Gasteiger partial charge in [-0.25, -0.2) is 0 Å². The molecule has 2 fully saturated rings. The number of anilines is 1. The molecule has 1 aromatic rings. The highest BCUT2D eigenvalue weighted by atomic mass is 35.5. The van der Waals surface area contributed by atoms with Crippen molar-refractivity contribution in [3.05, 3.63) is 28.8 Å². The molecule has 2 atom stereocenters. The van der Waals surface area contributed by atoms with Crippen LogP contribution in [0.25, 0.3) is 0 Å². The minimum absolute atomic E-state index is 0.0137. The zero-order valence-electron chi connectivity index (χ0n) is 12.1. The van der Waals surface area contributed by atoms with E-state index in [1.807, 2.05) is 12.1 Å². The molecule has 1 aromatic carbocycles. The van der Waals surface area contributed by atoms with Crippen molar-refractivity contribution in [1.82, 2.24) is 5.32 Å². The number of nitrogens with one attached hydrogen (secondary N) is 1. The van der Waals surface area contributed by atoms with Crippen molar-refractivity contribution in [1.29, 1.82) is 0 Å². The number of piperidine rings is 2. The number of nitrogens with zero attached hydrogens (tertiary/aromatic N) is 1. The smallest absolute Gasteiger partial charge is 0.220 e. The summed E-state index contributed by atoms with van der Waals surface area (Å²) in [5, 5.41) is 3.60. The van der Waals surface area contributed by atoms with E-state index in [1.165, 1.54) is 6.92 Å². The molecule has 0 aliphatic carbocycles. The summed E-state index contributed by atoms with van der Waals surface area (Å²) in [4.78, 5) is 25.2. The SMILES string of the molecule is CC(=O)c1ccc(N2CCC3NC(=O)CCC3C2)cc1Cl. The maximum absolute atomic E-state index is 11.4. The Hall–Kier alpha value is -1.55. The van der Waals surface area contributed by atoms with Crippen LogP contribution in [0, 0.1) is 5.92 Å². The third kappa shape index (κ3) is 2.91. The van der Waals surface area contributed by atoms with Crippen LogP contribution in [0.2, 0.25) is 5.02 Å². The van der Waals surface area contributed by atoms with Crippen LogP contribution in [-0.4, -0.2) is 30.8 Å². The number of hydrogen-bond donors (Lipinski definition) is 1. The number of Topliss-reactive ketones (excluding diaryl/α,β-unsaturated/α-hetero) is 1. The second kappa shape index (κ2) is 5.68. The van der Waals surface area contributed by atoms with E-state index >= 15 is 0 Å². The summed E-state index contributed by atoms with van der Waals surface area (Å²) in [7, 11) is 0. The monoisotopic (exact) mass is 306 g/mol. The van der Waals surface area contributed by atoms with Gasteiger partial charge in [0.05, 0.1) is 5.02 Å². The lowest BCUT2D eigenvalue weighted by Gasteiger charge is -2.42. The van der Waals surface area contributed by atoms with E-state index in [4.69, 9.17) is 11.6 Å². The third-order valence-electron chi connectivity index (χ3n) is 4.52. The van der Waals surface area contributed by atoms with Gasteiger partial charge >= 0.3 is 0 Å². The first kappa shape index (κ1) is 14.4. The summed E-state index contributed by atoms with van der Waals surface area (Å²) in [6.07, 6.45) is 2.54. The third-order valence-corrected chi connectivity index (χ3v) is 4.83. The summed E-state index contributed by atoms with van der Waals surface area (Å²) in [5.74, 6) is 0.668. The second-order valence-electron chi connectivity index (χ2n) is 5.93. The molecule has 0 bridgehead atoms. The van der Waals surface area contributed by atoms with E-state index in [1.54, 1.807) is 6.07 Å². The largest absolute Gasteiger partial charge is 0.371 e. The van der Waals surface area contributed by atoms with Crippen molar-refractivity contribution in [3.63, 3.8) is 0 Å². The number of amides is 1. The van der Waals surface area contributed by atoms with Gasteiger partial charge in [-0.1, -0.05) is 11.6 Å². The lowest BCUT2D eigenvalue weighted by atomic mass is 9.85.